The van der Waals surface area contributed by atoms with Gasteiger partial charge in [0, 0.05) is 71.9 Å². The van der Waals surface area contributed by atoms with Crippen LogP contribution >= 0.6 is 11.3 Å². The second-order valence-corrected chi connectivity index (χ2v) is 13.2. The Kier molecular flexibility index (Phi) is 8.85. The van der Waals surface area contributed by atoms with Gasteiger partial charge in [0.25, 0.3) is 10.0 Å². The van der Waals surface area contributed by atoms with E-state index in [1.54, 1.807) is 49.0 Å². The number of rotatable bonds is 11. The van der Waals surface area contributed by atoms with E-state index >= 15 is 4.39 Å². The summed E-state index contributed by atoms with van der Waals surface area (Å²) in [5, 5.41) is 2.81. The highest BCUT2D eigenvalue weighted by Crippen LogP contribution is 2.38. The van der Waals surface area contributed by atoms with Gasteiger partial charge in [0.15, 0.2) is 23.1 Å². The Bertz CT molecular complexity index is 1890. The Labute approximate surface area is 259 Å². The number of ether oxygens (including phenoxy) is 3. The molecule has 12 heteroatoms. The van der Waals surface area contributed by atoms with Crippen LogP contribution in [0.25, 0.3) is 21.0 Å². The average Bonchev–Trinajstić information content (AvgIpc) is 3.46. The number of hydrogen-bond donors (Lipinski definition) is 1. The standard InChI is InChI=1S/C32H33FN4O5S2/c1-36-13-15-37(16-14-36)12-5-17-41-30-20-26-24(19-29(30)40-2)27(10-11-34-26)42-28-9-8-22(18-25(28)33)35-44(38,39)32-21-43-31-7-4-3-6-23(31)32/h3-4,6-11,18-21,35H,5,12-17H2,1-2H3. The highest BCUT2D eigenvalue weighted by Gasteiger charge is 2.21. The van der Waals surface area contributed by atoms with Crippen molar-refractivity contribution >= 4 is 48.0 Å². The molecule has 0 unspecified atom stereocenters. The lowest BCUT2D eigenvalue weighted by Crippen LogP contribution is -2.44. The largest absolute Gasteiger partial charge is 0.493 e. The quantitative estimate of drug-likeness (QED) is 0.171. The van der Waals surface area contributed by atoms with Crippen LogP contribution in [0.3, 0.4) is 0 Å². The molecule has 3 heterocycles. The number of nitrogens with zero attached hydrogens (tertiary/aromatic N) is 3. The number of benzene rings is 3. The lowest BCUT2D eigenvalue weighted by atomic mass is 10.1. The molecular weight excluding hydrogens is 604 g/mol. The minimum Gasteiger partial charge on any atom is -0.493 e. The number of halogens is 1. The van der Waals surface area contributed by atoms with Gasteiger partial charge >= 0.3 is 0 Å². The van der Waals surface area contributed by atoms with E-state index in [2.05, 4.69) is 26.6 Å². The van der Waals surface area contributed by atoms with E-state index in [9.17, 15) is 8.42 Å². The third kappa shape index (κ3) is 6.58. The Morgan fingerprint density at radius 2 is 1.77 bits per heavy atom. The Hall–Kier alpha value is -3.97. The van der Waals surface area contributed by atoms with E-state index in [1.165, 1.54) is 23.5 Å². The van der Waals surface area contributed by atoms with Crippen molar-refractivity contribution < 1.29 is 27.0 Å². The zero-order chi connectivity index (χ0) is 30.7. The van der Waals surface area contributed by atoms with Crippen molar-refractivity contribution in [1.82, 2.24) is 14.8 Å². The van der Waals surface area contributed by atoms with Crippen LogP contribution in [0.5, 0.6) is 23.0 Å². The SMILES string of the molecule is COc1cc2c(Oc3ccc(NS(=O)(=O)c4csc5ccccc45)cc3F)ccnc2cc1OCCCN1CCN(C)CC1. The monoisotopic (exact) mass is 636 g/mol. The Balaban J connectivity index is 1.15. The van der Waals surface area contributed by atoms with Crippen molar-refractivity contribution in [1.29, 1.82) is 0 Å². The number of aromatic nitrogens is 1. The number of pyridine rings is 1. The van der Waals surface area contributed by atoms with E-state index in [4.69, 9.17) is 14.2 Å². The molecule has 9 nitrogen and oxygen atoms in total. The van der Waals surface area contributed by atoms with Gasteiger partial charge in [0.1, 0.15) is 10.6 Å². The summed E-state index contributed by atoms with van der Waals surface area (Å²) >= 11 is 1.33. The summed E-state index contributed by atoms with van der Waals surface area (Å²) in [6.07, 6.45) is 2.46. The lowest BCUT2D eigenvalue weighted by Gasteiger charge is -2.32. The summed E-state index contributed by atoms with van der Waals surface area (Å²) in [7, 11) is -0.221. The van der Waals surface area contributed by atoms with Crippen LogP contribution in [0.15, 0.2) is 77.1 Å². The van der Waals surface area contributed by atoms with Crippen LogP contribution < -0.4 is 18.9 Å². The zero-order valence-corrected chi connectivity index (χ0v) is 26.1. The maximum atomic E-state index is 15.2. The van der Waals surface area contributed by atoms with Gasteiger partial charge < -0.3 is 24.0 Å². The number of nitrogens with one attached hydrogen (secondary N) is 1. The van der Waals surface area contributed by atoms with Gasteiger partial charge in [-0.25, -0.2) is 12.8 Å². The molecule has 44 heavy (non-hydrogen) atoms. The normalized spacial score (nSPS) is 14.6. The first kappa shape index (κ1) is 30.1. The van der Waals surface area contributed by atoms with Crippen LogP contribution in [-0.2, 0) is 10.0 Å². The van der Waals surface area contributed by atoms with Gasteiger partial charge in [-0.1, -0.05) is 18.2 Å². The first-order valence-corrected chi connectivity index (χ1v) is 16.6. The topological polar surface area (TPSA) is 93.2 Å². The van der Waals surface area contributed by atoms with Gasteiger partial charge in [-0.05, 0) is 43.8 Å². The number of likely N-dealkylation sites (N-methyl/N-ethyl adjacent to an activating group) is 1. The summed E-state index contributed by atoms with van der Waals surface area (Å²) in [4.78, 5) is 9.38. The molecule has 0 spiro atoms. The van der Waals surface area contributed by atoms with Crippen LogP contribution in [0.2, 0.25) is 0 Å². The summed E-state index contributed by atoms with van der Waals surface area (Å²) in [6, 6.07) is 16.4. The smallest absolute Gasteiger partial charge is 0.263 e. The highest BCUT2D eigenvalue weighted by atomic mass is 32.2. The van der Waals surface area contributed by atoms with Crippen molar-refractivity contribution in [2.45, 2.75) is 11.3 Å². The summed E-state index contributed by atoms with van der Waals surface area (Å²) in [6.45, 7) is 5.79. The minimum atomic E-state index is -3.93. The predicted molar refractivity (Wildman–Crippen MR) is 171 cm³/mol. The fourth-order valence-electron chi connectivity index (χ4n) is 5.17. The first-order chi connectivity index (χ1) is 21.3. The highest BCUT2D eigenvalue weighted by molar-refractivity contribution is 7.93. The molecule has 1 N–H and O–H groups in total. The summed E-state index contributed by atoms with van der Waals surface area (Å²) < 4.78 is 62.3. The van der Waals surface area contributed by atoms with Crippen molar-refractivity contribution in [3.05, 3.63) is 78.1 Å². The molecular formula is C32H33FN4O5S2. The number of piperazine rings is 1. The van der Waals surface area contributed by atoms with Crippen molar-refractivity contribution in [2.75, 3.05) is 58.2 Å². The van der Waals surface area contributed by atoms with E-state index in [0.717, 1.165) is 49.9 Å². The maximum absolute atomic E-state index is 15.2. The molecule has 1 aliphatic heterocycles. The van der Waals surface area contributed by atoms with Crippen LogP contribution in [0.1, 0.15) is 6.42 Å². The van der Waals surface area contributed by atoms with Crippen molar-refractivity contribution in [2.24, 2.45) is 0 Å². The van der Waals surface area contributed by atoms with Gasteiger partial charge in [0.2, 0.25) is 0 Å². The molecule has 230 valence electrons. The zero-order valence-electron chi connectivity index (χ0n) is 24.5. The number of fused-ring (bicyclic) bond motifs is 2. The van der Waals surface area contributed by atoms with E-state index in [0.29, 0.717) is 40.1 Å². The molecule has 5 aromatic rings. The molecule has 0 radical (unpaired) electrons. The van der Waals surface area contributed by atoms with Gasteiger partial charge in [-0.15, -0.1) is 11.3 Å². The summed E-state index contributed by atoms with van der Waals surface area (Å²) in [5.41, 5.74) is 0.686. The third-order valence-corrected chi connectivity index (χ3v) is 10.1. The van der Waals surface area contributed by atoms with Gasteiger partial charge in [0.05, 0.1) is 24.9 Å². The second kappa shape index (κ2) is 12.9. The van der Waals surface area contributed by atoms with Crippen LogP contribution in [0.4, 0.5) is 10.1 Å². The molecule has 6 rings (SSSR count). The first-order valence-electron chi connectivity index (χ1n) is 14.3. The number of methoxy groups -OCH3 is 1. The predicted octanol–water partition coefficient (Wildman–Crippen LogP) is 6.21. The number of sulfonamides is 1. The maximum Gasteiger partial charge on any atom is 0.263 e. The molecule has 0 amide bonds. The Morgan fingerprint density at radius 1 is 0.955 bits per heavy atom. The lowest BCUT2D eigenvalue weighted by molar-refractivity contribution is 0.145. The summed E-state index contributed by atoms with van der Waals surface area (Å²) in [5.74, 6) is 0.666. The molecule has 1 aliphatic rings. The molecule has 2 aromatic heterocycles. The fourth-order valence-corrected chi connectivity index (χ4v) is 7.72. The second-order valence-electron chi connectivity index (χ2n) is 10.6. The van der Waals surface area contributed by atoms with E-state index < -0.39 is 15.8 Å². The van der Waals surface area contributed by atoms with Crippen LogP contribution in [0, 0.1) is 5.82 Å². The average molecular weight is 637 g/mol. The van der Waals surface area contributed by atoms with Crippen molar-refractivity contribution in [3.63, 3.8) is 0 Å². The molecule has 3 aromatic carbocycles. The molecule has 0 saturated carbocycles. The number of thiophene rings is 1. The van der Waals surface area contributed by atoms with Gasteiger partial charge in [-0.2, -0.15) is 0 Å². The molecule has 0 atom stereocenters. The molecule has 1 saturated heterocycles. The molecule has 0 bridgehead atoms. The Morgan fingerprint density at radius 3 is 2.57 bits per heavy atom. The van der Waals surface area contributed by atoms with E-state index in [-0.39, 0.29) is 16.3 Å². The van der Waals surface area contributed by atoms with E-state index in [1.807, 2.05) is 12.1 Å². The number of anilines is 1. The van der Waals surface area contributed by atoms with Crippen LogP contribution in [-0.4, -0.2) is 76.7 Å². The minimum absolute atomic E-state index is 0.0652. The van der Waals surface area contributed by atoms with Gasteiger partial charge in [-0.3, -0.25) is 9.71 Å². The molecule has 0 aliphatic carbocycles. The fraction of sp³-hybridized carbons (Fsp3) is 0.281. The number of hydrogen-bond acceptors (Lipinski definition) is 9. The molecule has 1 fully saturated rings. The third-order valence-electron chi connectivity index (χ3n) is 7.60. The van der Waals surface area contributed by atoms with Crippen molar-refractivity contribution in [3.8, 4) is 23.0 Å².